The number of amides is 1. The van der Waals surface area contributed by atoms with Crippen molar-refractivity contribution < 1.29 is 4.79 Å². The fourth-order valence-corrected chi connectivity index (χ4v) is 4.35. The average Bonchev–Trinajstić information content (AvgIpc) is 3.30. The number of thiazole rings is 1. The zero-order chi connectivity index (χ0) is 19.7. The second kappa shape index (κ2) is 7.60. The molecule has 4 nitrogen and oxygen atoms in total. The van der Waals surface area contributed by atoms with Gasteiger partial charge in [0, 0.05) is 28.4 Å². The van der Waals surface area contributed by atoms with E-state index in [0.29, 0.717) is 10.8 Å². The van der Waals surface area contributed by atoms with E-state index in [1.165, 1.54) is 16.9 Å². The molecular weight excluding hydrogens is 366 g/mol. The van der Waals surface area contributed by atoms with Gasteiger partial charge in [-0.05, 0) is 43.5 Å². The van der Waals surface area contributed by atoms with E-state index in [9.17, 15) is 4.79 Å². The molecule has 2 aromatic heterocycles. The van der Waals surface area contributed by atoms with Crippen LogP contribution in [0.4, 0.5) is 5.13 Å². The minimum Gasteiger partial charge on any atom is -0.337 e. The summed E-state index contributed by atoms with van der Waals surface area (Å²) in [7, 11) is 0. The van der Waals surface area contributed by atoms with Gasteiger partial charge in [-0.3, -0.25) is 10.1 Å². The predicted molar refractivity (Wildman–Crippen MR) is 117 cm³/mol. The van der Waals surface area contributed by atoms with Crippen molar-refractivity contribution in [3.8, 4) is 11.3 Å². The monoisotopic (exact) mass is 389 g/mol. The van der Waals surface area contributed by atoms with Gasteiger partial charge in [-0.25, -0.2) is 4.98 Å². The molecule has 4 rings (SSSR count). The van der Waals surface area contributed by atoms with Crippen LogP contribution in [0.3, 0.4) is 0 Å². The quantitative estimate of drug-likeness (QED) is 0.461. The molecule has 0 saturated carbocycles. The number of aromatic nitrogens is 2. The maximum atomic E-state index is 13.1. The summed E-state index contributed by atoms with van der Waals surface area (Å²) < 4.78 is 2.09. The number of nitrogens with one attached hydrogen (secondary N) is 1. The third-order valence-electron chi connectivity index (χ3n) is 5.11. The zero-order valence-corrected chi connectivity index (χ0v) is 17.1. The molecule has 4 aromatic rings. The molecule has 28 heavy (non-hydrogen) atoms. The Morgan fingerprint density at radius 3 is 2.64 bits per heavy atom. The van der Waals surface area contributed by atoms with Crippen molar-refractivity contribution in [2.45, 2.75) is 33.7 Å². The van der Waals surface area contributed by atoms with E-state index in [1.54, 1.807) is 0 Å². The van der Waals surface area contributed by atoms with E-state index in [0.717, 1.165) is 40.7 Å². The smallest absolute Gasteiger partial charge is 0.274 e. The van der Waals surface area contributed by atoms with Crippen LogP contribution in [0.25, 0.3) is 22.2 Å². The molecule has 0 atom stereocenters. The molecule has 5 heteroatoms. The Hall–Kier alpha value is -2.92. The third kappa shape index (κ3) is 3.22. The summed E-state index contributed by atoms with van der Waals surface area (Å²) in [6.45, 7) is 6.99. The van der Waals surface area contributed by atoms with Gasteiger partial charge in [0.25, 0.3) is 5.91 Å². The first kappa shape index (κ1) is 18.4. The van der Waals surface area contributed by atoms with E-state index in [2.05, 4.69) is 46.9 Å². The van der Waals surface area contributed by atoms with Crippen LogP contribution in [-0.4, -0.2) is 15.5 Å². The number of carbonyl (C=O) groups is 1. The van der Waals surface area contributed by atoms with Gasteiger partial charge in [-0.15, -0.1) is 11.3 Å². The Morgan fingerprint density at radius 2 is 1.93 bits per heavy atom. The van der Waals surface area contributed by atoms with Crippen LogP contribution in [0, 0.1) is 6.92 Å². The lowest BCUT2D eigenvalue weighted by Crippen LogP contribution is -2.17. The Labute approximate surface area is 168 Å². The second-order valence-corrected chi connectivity index (χ2v) is 7.64. The molecule has 2 aromatic carbocycles. The predicted octanol–water partition coefficient (Wildman–Crippen LogP) is 5.91. The number of aryl methyl sites for hydroxylation is 3. The number of nitrogens with zero attached hydrogens (tertiary/aromatic N) is 2. The van der Waals surface area contributed by atoms with Crippen LogP contribution in [0.2, 0.25) is 0 Å². The van der Waals surface area contributed by atoms with Crippen LogP contribution in [0.1, 0.15) is 35.5 Å². The summed E-state index contributed by atoms with van der Waals surface area (Å²) in [5.41, 5.74) is 6.04. The molecule has 0 radical (unpaired) electrons. The fraction of sp³-hybridized carbons (Fsp3) is 0.217. The molecule has 0 aliphatic rings. The lowest BCUT2D eigenvalue weighted by atomic mass is 10.1. The Morgan fingerprint density at radius 1 is 1.14 bits per heavy atom. The normalized spacial score (nSPS) is 11.1. The standard InChI is InChI=1S/C23H23N3OS/c1-4-16-11-12-20-18(13-16)15(3)21(26(20)5-2)22(27)25-23-24-19(14-28-23)17-9-7-6-8-10-17/h6-14H,4-5H2,1-3H3,(H,24,25,27). The van der Waals surface area contributed by atoms with E-state index in [-0.39, 0.29) is 5.91 Å². The lowest BCUT2D eigenvalue weighted by Gasteiger charge is -2.08. The van der Waals surface area contributed by atoms with Gasteiger partial charge in [0.05, 0.1) is 5.69 Å². The maximum Gasteiger partial charge on any atom is 0.274 e. The minimum atomic E-state index is -0.109. The van der Waals surface area contributed by atoms with Gasteiger partial charge in [-0.2, -0.15) is 0 Å². The number of anilines is 1. The summed E-state index contributed by atoms with van der Waals surface area (Å²) in [6, 6.07) is 16.5. The average molecular weight is 390 g/mol. The number of carbonyl (C=O) groups excluding carboxylic acids is 1. The van der Waals surface area contributed by atoms with Crippen LogP contribution >= 0.6 is 11.3 Å². The van der Waals surface area contributed by atoms with E-state index >= 15 is 0 Å². The highest BCUT2D eigenvalue weighted by Gasteiger charge is 2.20. The molecule has 0 aliphatic heterocycles. The number of fused-ring (bicyclic) bond motifs is 1. The molecule has 2 heterocycles. The van der Waals surface area contributed by atoms with Gasteiger partial charge < -0.3 is 4.57 Å². The van der Waals surface area contributed by atoms with Gasteiger partial charge in [0.2, 0.25) is 0 Å². The maximum absolute atomic E-state index is 13.1. The van der Waals surface area contributed by atoms with E-state index in [4.69, 9.17) is 0 Å². The summed E-state index contributed by atoms with van der Waals surface area (Å²) in [5, 5.41) is 6.74. The van der Waals surface area contributed by atoms with Gasteiger partial charge in [0.15, 0.2) is 5.13 Å². The third-order valence-corrected chi connectivity index (χ3v) is 5.87. The Kier molecular flexibility index (Phi) is 5.01. The molecule has 142 valence electrons. The SMILES string of the molecule is CCc1ccc2c(c1)c(C)c(C(=O)Nc1nc(-c3ccccc3)cs1)n2CC. The number of rotatable bonds is 5. The van der Waals surface area contributed by atoms with Crippen molar-refractivity contribution in [1.29, 1.82) is 0 Å². The molecule has 0 saturated heterocycles. The first-order valence-electron chi connectivity index (χ1n) is 9.56. The number of hydrogen-bond acceptors (Lipinski definition) is 3. The van der Waals surface area contributed by atoms with Crippen molar-refractivity contribution in [2.24, 2.45) is 0 Å². The Balaban J connectivity index is 1.68. The molecule has 1 N–H and O–H groups in total. The Bertz CT molecular complexity index is 1140. The molecular formula is C23H23N3OS. The lowest BCUT2D eigenvalue weighted by molar-refractivity contribution is 0.101. The zero-order valence-electron chi connectivity index (χ0n) is 16.3. The topological polar surface area (TPSA) is 46.9 Å². The van der Waals surface area contributed by atoms with Crippen LogP contribution < -0.4 is 5.32 Å². The molecule has 0 fully saturated rings. The summed E-state index contributed by atoms with van der Waals surface area (Å²) in [6.07, 6.45) is 0.982. The summed E-state index contributed by atoms with van der Waals surface area (Å²) >= 11 is 1.45. The van der Waals surface area contributed by atoms with Gasteiger partial charge in [0.1, 0.15) is 5.69 Å². The van der Waals surface area contributed by atoms with Gasteiger partial charge >= 0.3 is 0 Å². The molecule has 0 bridgehead atoms. The van der Waals surface area contributed by atoms with Crippen molar-refractivity contribution >= 4 is 33.3 Å². The highest BCUT2D eigenvalue weighted by molar-refractivity contribution is 7.14. The molecule has 0 spiro atoms. The van der Waals surface area contributed by atoms with Crippen molar-refractivity contribution in [3.63, 3.8) is 0 Å². The molecule has 1 amide bonds. The fourth-order valence-electron chi connectivity index (χ4n) is 3.64. The number of benzene rings is 2. The number of hydrogen-bond donors (Lipinski definition) is 1. The van der Waals surface area contributed by atoms with Crippen molar-refractivity contribution in [3.05, 3.63) is 70.7 Å². The molecule has 0 aliphatic carbocycles. The van der Waals surface area contributed by atoms with Crippen LogP contribution in [-0.2, 0) is 13.0 Å². The highest BCUT2D eigenvalue weighted by Crippen LogP contribution is 2.29. The first-order chi connectivity index (χ1) is 13.6. The first-order valence-corrected chi connectivity index (χ1v) is 10.4. The van der Waals surface area contributed by atoms with E-state index < -0.39 is 0 Å². The summed E-state index contributed by atoms with van der Waals surface area (Å²) in [4.78, 5) is 17.7. The van der Waals surface area contributed by atoms with Crippen LogP contribution in [0.15, 0.2) is 53.9 Å². The minimum absolute atomic E-state index is 0.109. The second-order valence-electron chi connectivity index (χ2n) is 6.78. The van der Waals surface area contributed by atoms with E-state index in [1.807, 2.05) is 42.6 Å². The largest absolute Gasteiger partial charge is 0.337 e. The highest BCUT2D eigenvalue weighted by atomic mass is 32.1. The van der Waals surface area contributed by atoms with Crippen molar-refractivity contribution in [1.82, 2.24) is 9.55 Å². The van der Waals surface area contributed by atoms with Gasteiger partial charge in [-0.1, -0.05) is 43.3 Å². The molecule has 0 unspecified atom stereocenters. The van der Waals surface area contributed by atoms with Crippen LogP contribution in [0.5, 0.6) is 0 Å². The van der Waals surface area contributed by atoms with Crippen molar-refractivity contribution in [2.75, 3.05) is 5.32 Å². The summed E-state index contributed by atoms with van der Waals surface area (Å²) in [5.74, 6) is -0.109.